The molecule has 1 saturated heterocycles. The summed E-state index contributed by atoms with van der Waals surface area (Å²) < 4.78 is 1.28. The zero-order chi connectivity index (χ0) is 20.8. The van der Waals surface area contributed by atoms with Gasteiger partial charge >= 0.3 is 0 Å². The number of amides is 1. The van der Waals surface area contributed by atoms with E-state index < -0.39 is 0 Å². The van der Waals surface area contributed by atoms with E-state index in [1.165, 1.54) is 10.3 Å². The number of anilines is 1. The number of rotatable bonds is 7. The van der Waals surface area contributed by atoms with Gasteiger partial charge in [0.1, 0.15) is 0 Å². The molecule has 1 N–H and O–H groups in total. The van der Waals surface area contributed by atoms with Crippen LogP contribution in [0.15, 0.2) is 54.6 Å². The van der Waals surface area contributed by atoms with Gasteiger partial charge in [-0.2, -0.15) is 0 Å². The number of nitrogens with one attached hydrogen (secondary N) is 1. The molecule has 0 atom stereocenters. The van der Waals surface area contributed by atoms with Gasteiger partial charge in [0, 0.05) is 45.3 Å². The molecule has 5 nitrogen and oxygen atoms in total. The Morgan fingerprint density at radius 2 is 1.93 bits per heavy atom. The first-order valence-corrected chi connectivity index (χ1v) is 11.4. The Hall–Kier alpha value is -2.70. The highest BCUT2D eigenvalue weighted by Crippen LogP contribution is 2.30. The minimum atomic E-state index is -0.0431. The minimum absolute atomic E-state index is 0.0431. The van der Waals surface area contributed by atoms with Crippen molar-refractivity contribution in [2.24, 2.45) is 0 Å². The number of fused-ring (bicyclic) bond motifs is 1. The summed E-state index contributed by atoms with van der Waals surface area (Å²) in [6.07, 6.45) is 4.50. The number of nitrogens with zero attached hydrogens (tertiary/aromatic N) is 3. The Morgan fingerprint density at radius 3 is 2.70 bits per heavy atom. The highest BCUT2D eigenvalue weighted by molar-refractivity contribution is 7.22. The maximum absolute atomic E-state index is 12.0. The van der Waals surface area contributed by atoms with Crippen molar-refractivity contribution in [1.29, 1.82) is 0 Å². The molecular formula is C24H28N4OS. The molecule has 0 aliphatic carbocycles. The summed E-state index contributed by atoms with van der Waals surface area (Å²) in [7, 11) is 0. The Balaban J connectivity index is 1.21. The van der Waals surface area contributed by atoms with E-state index in [4.69, 9.17) is 4.98 Å². The van der Waals surface area contributed by atoms with E-state index in [9.17, 15) is 4.79 Å². The molecule has 1 aliphatic rings. The van der Waals surface area contributed by atoms with E-state index in [0.717, 1.165) is 55.4 Å². The van der Waals surface area contributed by atoms with Crippen LogP contribution in [0.25, 0.3) is 16.3 Å². The van der Waals surface area contributed by atoms with Crippen LogP contribution in [0.2, 0.25) is 0 Å². The quantitative estimate of drug-likeness (QED) is 0.591. The lowest BCUT2D eigenvalue weighted by atomic mass is 10.2. The van der Waals surface area contributed by atoms with Gasteiger partial charge in [-0.15, -0.1) is 0 Å². The van der Waals surface area contributed by atoms with E-state index >= 15 is 0 Å². The molecule has 30 heavy (non-hydrogen) atoms. The molecule has 0 spiro atoms. The van der Waals surface area contributed by atoms with Crippen molar-refractivity contribution in [1.82, 2.24) is 15.2 Å². The Kier molecular flexibility index (Phi) is 6.77. The summed E-state index contributed by atoms with van der Waals surface area (Å²) in [5, 5.41) is 4.10. The van der Waals surface area contributed by atoms with Crippen molar-refractivity contribution >= 4 is 38.7 Å². The summed E-state index contributed by atoms with van der Waals surface area (Å²) >= 11 is 1.79. The van der Waals surface area contributed by atoms with Crippen LogP contribution in [-0.2, 0) is 11.2 Å². The number of benzene rings is 2. The number of aryl methyl sites for hydroxylation is 1. The van der Waals surface area contributed by atoms with Crippen LogP contribution in [-0.4, -0.2) is 55.1 Å². The minimum Gasteiger partial charge on any atom is -0.351 e. The van der Waals surface area contributed by atoms with Gasteiger partial charge in [0.2, 0.25) is 5.91 Å². The van der Waals surface area contributed by atoms with E-state index in [2.05, 4.69) is 40.2 Å². The number of hydrogen-bond donors (Lipinski definition) is 1. The third kappa shape index (κ3) is 5.26. The number of carbonyl (C=O) groups excluding carboxylic acids is 1. The molecule has 0 radical (unpaired) electrons. The zero-order valence-electron chi connectivity index (χ0n) is 17.4. The van der Waals surface area contributed by atoms with Crippen molar-refractivity contribution in [3.8, 4) is 0 Å². The lowest BCUT2D eigenvalue weighted by Gasteiger charge is -2.34. The lowest BCUT2D eigenvalue weighted by Crippen LogP contribution is -2.48. The average Bonchev–Trinajstić information content (AvgIpc) is 3.22. The molecule has 1 fully saturated rings. The van der Waals surface area contributed by atoms with Gasteiger partial charge in [-0.1, -0.05) is 54.7 Å². The van der Waals surface area contributed by atoms with Gasteiger partial charge in [0.05, 0.1) is 10.2 Å². The molecule has 0 unspecified atom stereocenters. The molecule has 0 saturated carbocycles. The molecule has 1 amide bonds. The number of piperazine rings is 1. The van der Waals surface area contributed by atoms with E-state index in [1.54, 1.807) is 17.4 Å². The summed E-state index contributed by atoms with van der Waals surface area (Å²) in [6.45, 7) is 7.66. The van der Waals surface area contributed by atoms with E-state index in [0.29, 0.717) is 6.54 Å². The van der Waals surface area contributed by atoms with Crippen LogP contribution in [0.1, 0.15) is 18.1 Å². The van der Waals surface area contributed by atoms with Crippen LogP contribution in [0.3, 0.4) is 0 Å². The van der Waals surface area contributed by atoms with Gasteiger partial charge < -0.3 is 10.2 Å². The molecule has 1 aromatic heterocycles. The molecule has 1 aliphatic heterocycles. The lowest BCUT2D eigenvalue weighted by molar-refractivity contribution is -0.116. The van der Waals surface area contributed by atoms with Gasteiger partial charge in [0.15, 0.2) is 5.13 Å². The van der Waals surface area contributed by atoms with Crippen LogP contribution >= 0.6 is 11.3 Å². The van der Waals surface area contributed by atoms with Crippen LogP contribution in [0.5, 0.6) is 0 Å². The monoisotopic (exact) mass is 420 g/mol. The van der Waals surface area contributed by atoms with Gasteiger partial charge in [-0.25, -0.2) is 4.98 Å². The molecule has 3 aromatic rings. The predicted octanol–water partition coefficient (Wildman–Crippen LogP) is 3.81. The SMILES string of the molecule is CCc1ccc2nc(N3CCN(CCNC(=O)/C=C/c4ccccc4)CC3)sc2c1. The highest BCUT2D eigenvalue weighted by Gasteiger charge is 2.19. The standard InChI is InChI=1S/C24H28N4OS/c1-2-19-8-10-21-22(18-19)30-24(26-21)28-16-14-27(15-17-28)13-12-25-23(29)11-9-20-6-4-3-5-7-20/h3-11,18H,2,12-17H2,1H3,(H,25,29)/b11-9+. The van der Waals surface area contributed by atoms with E-state index in [-0.39, 0.29) is 5.91 Å². The molecular weight excluding hydrogens is 392 g/mol. The summed E-state index contributed by atoms with van der Waals surface area (Å²) in [5.74, 6) is -0.0431. The van der Waals surface area contributed by atoms with E-state index in [1.807, 2.05) is 36.4 Å². The largest absolute Gasteiger partial charge is 0.351 e. The maximum Gasteiger partial charge on any atom is 0.244 e. The number of hydrogen-bond acceptors (Lipinski definition) is 5. The first-order valence-electron chi connectivity index (χ1n) is 10.6. The van der Waals surface area contributed by atoms with Gasteiger partial charge in [-0.05, 0) is 35.8 Å². The molecule has 2 heterocycles. The molecule has 6 heteroatoms. The third-order valence-electron chi connectivity index (χ3n) is 5.45. The van der Waals surface area contributed by atoms with Gasteiger partial charge in [0.25, 0.3) is 0 Å². The predicted molar refractivity (Wildman–Crippen MR) is 126 cm³/mol. The molecule has 0 bridgehead atoms. The third-order valence-corrected chi connectivity index (χ3v) is 6.53. The number of thiazole rings is 1. The van der Waals surface area contributed by atoms with Crippen molar-refractivity contribution < 1.29 is 4.79 Å². The molecule has 156 valence electrons. The second kappa shape index (κ2) is 9.87. The van der Waals surface area contributed by atoms with Crippen molar-refractivity contribution in [2.75, 3.05) is 44.2 Å². The van der Waals surface area contributed by atoms with Crippen molar-refractivity contribution in [2.45, 2.75) is 13.3 Å². The Bertz CT molecular complexity index is 1010. The summed E-state index contributed by atoms with van der Waals surface area (Å²) in [5.41, 5.74) is 3.49. The molecule has 2 aromatic carbocycles. The summed E-state index contributed by atoms with van der Waals surface area (Å²) in [4.78, 5) is 21.6. The number of carbonyl (C=O) groups is 1. The second-order valence-corrected chi connectivity index (χ2v) is 8.52. The zero-order valence-corrected chi connectivity index (χ0v) is 18.2. The number of aromatic nitrogens is 1. The smallest absolute Gasteiger partial charge is 0.244 e. The Morgan fingerprint density at radius 1 is 1.13 bits per heavy atom. The fourth-order valence-corrected chi connectivity index (χ4v) is 4.69. The first kappa shape index (κ1) is 20.6. The van der Waals surface area contributed by atoms with Crippen molar-refractivity contribution in [3.05, 3.63) is 65.7 Å². The topological polar surface area (TPSA) is 48.5 Å². The van der Waals surface area contributed by atoms with Crippen LogP contribution in [0.4, 0.5) is 5.13 Å². The normalized spacial score (nSPS) is 15.2. The average molecular weight is 421 g/mol. The Labute approximate surface area is 182 Å². The second-order valence-electron chi connectivity index (χ2n) is 7.52. The van der Waals surface area contributed by atoms with Crippen LogP contribution < -0.4 is 10.2 Å². The molecule has 4 rings (SSSR count). The maximum atomic E-state index is 12.0. The highest BCUT2D eigenvalue weighted by atomic mass is 32.1. The fraction of sp³-hybridized carbons (Fsp3) is 0.333. The van der Waals surface area contributed by atoms with Gasteiger partial charge in [-0.3, -0.25) is 9.69 Å². The van der Waals surface area contributed by atoms with Crippen molar-refractivity contribution in [3.63, 3.8) is 0 Å². The summed E-state index contributed by atoms with van der Waals surface area (Å²) in [6, 6.07) is 16.4. The fourth-order valence-electron chi connectivity index (χ4n) is 3.61. The van der Waals surface area contributed by atoms with Crippen LogP contribution in [0, 0.1) is 0 Å². The first-order chi connectivity index (χ1) is 14.7.